The molecule has 1 aliphatic rings. The molecule has 0 spiro atoms. The van der Waals surface area contributed by atoms with Gasteiger partial charge in [0.2, 0.25) is 0 Å². The number of carbonyl (C=O) groups excluding carboxylic acids is 2. The number of anilines is 2. The van der Waals surface area contributed by atoms with E-state index in [-0.39, 0.29) is 17.0 Å². The molecule has 0 aromatic heterocycles. The van der Waals surface area contributed by atoms with Crippen molar-refractivity contribution >= 4 is 52.0 Å². The molecule has 1 N–H and O–H groups in total. The van der Waals surface area contributed by atoms with Crippen molar-refractivity contribution in [2.24, 2.45) is 0 Å². The molecule has 7 heteroatoms. The first-order valence-corrected chi connectivity index (χ1v) is 9.79. The van der Waals surface area contributed by atoms with Crippen LogP contribution in [0.15, 0.2) is 72.4 Å². The Hall–Kier alpha value is -3.15. The molecule has 0 bridgehead atoms. The lowest BCUT2D eigenvalue weighted by Gasteiger charge is -2.16. The Morgan fingerprint density at radius 3 is 2.27 bits per heavy atom. The SMILES string of the molecule is Cc1c(Cl)cccc1NC1=C(c2ccc(Cl)cc2)C(=O)N(c2ccccc2F)C1=O. The maximum absolute atomic E-state index is 14.4. The molecule has 1 heterocycles. The van der Waals surface area contributed by atoms with Gasteiger partial charge in [-0.05, 0) is 54.4 Å². The van der Waals surface area contributed by atoms with Gasteiger partial charge in [-0.15, -0.1) is 0 Å². The van der Waals surface area contributed by atoms with Gasteiger partial charge in [0.15, 0.2) is 0 Å². The lowest BCUT2D eigenvalue weighted by atomic mass is 10.0. The first-order valence-electron chi connectivity index (χ1n) is 9.04. The highest BCUT2D eigenvalue weighted by atomic mass is 35.5. The van der Waals surface area contributed by atoms with E-state index < -0.39 is 17.6 Å². The van der Waals surface area contributed by atoms with Crippen LogP contribution in [0, 0.1) is 12.7 Å². The van der Waals surface area contributed by atoms with E-state index in [2.05, 4.69) is 5.32 Å². The molecular weight excluding hydrogens is 426 g/mol. The van der Waals surface area contributed by atoms with Gasteiger partial charge in [-0.3, -0.25) is 9.59 Å². The summed E-state index contributed by atoms with van der Waals surface area (Å²) in [5.41, 5.74) is 1.82. The molecule has 0 saturated heterocycles. The summed E-state index contributed by atoms with van der Waals surface area (Å²) in [6.45, 7) is 1.79. The van der Waals surface area contributed by atoms with E-state index in [9.17, 15) is 14.0 Å². The monoisotopic (exact) mass is 440 g/mol. The summed E-state index contributed by atoms with van der Waals surface area (Å²) in [7, 11) is 0. The van der Waals surface area contributed by atoms with E-state index in [1.165, 1.54) is 18.2 Å². The summed E-state index contributed by atoms with van der Waals surface area (Å²) < 4.78 is 14.4. The van der Waals surface area contributed by atoms with Crippen LogP contribution in [0.1, 0.15) is 11.1 Å². The molecule has 3 aromatic carbocycles. The second-order valence-corrected chi connectivity index (χ2v) is 7.54. The van der Waals surface area contributed by atoms with E-state index in [0.717, 1.165) is 4.90 Å². The number of rotatable bonds is 4. The predicted octanol–water partition coefficient (Wildman–Crippen LogP) is 5.84. The molecule has 0 radical (unpaired) electrons. The van der Waals surface area contributed by atoms with Crippen molar-refractivity contribution in [3.63, 3.8) is 0 Å². The Bertz CT molecular complexity index is 1210. The van der Waals surface area contributed by atoms with Crippen molar-refractivity contribution < 1.29 is 14.0 Å². The number of nitrogens with one attached hydrogen (secondary N) is 1. The minimum Gasteiger partial charge on any atom is -0.350 e. The molecule has 1 aliphatic heterocycles. The van der Waals surface area contributed by atoms with Gasteiger partial charge in [0.1, 0.15) is 11.5 Å². The molecule has 0 aliphatic carbocycles. The standard InChI is InChI=1S/C23H15Cl2FN2O2/c1-13-16(25)5-4-7-18(13)27-21-20(14-9-11-15(24)12-10-14)22(29)28(23(21)30)19-8-3-2-6-17(19)26/h2-12,27H,1H3. The summed E-state index contributed by atoms with van der Waals surface area (Å²) in [5, 5.41) is 4.04. The molecule has 30 heavy (non-hydrogen) atoms. The van der Waals surface area contributed by atoms with Crippen LogP contribution in [-0.2, 0) is 9.59 Å². The molecule has 3 aromatic rings. The van der Waals surface area contributed by atoms with Crippen LogP contribution in [0.25, 0.3) is 5.57 Å². The summed E-state index contributed by atoms with van der Waals surface area (Å²) in [4.78, 5) is 27.4. The van der Waals surface area contributed by atoms with Gasteiger partial charge in [-0.1, -0.05) is 53.5 Å². The van der Waals surface area contributed by atoms with Gasteiger partial charge in [0.25, 0.3) is 11.8 Å². The first-order chi connectivity index (χ1) is 14.4. The van der Waals surface area contributed by atoms with Gasteiger partial charge in [-0.25, -0.2) is 9.29 Å². The van der Waals surface area contributed by atoms with Crippen LogP contribution < -0.4 is 10.2 Å². The molecule has 2 amide bonds. The van der Waals surface area contributed by atoms with Crippen molar-refractivity contribution in [2.75, 3.05) is 10.2 Å². The van der Waals surface area contributed by atoms with Crippen molar-refractivity contribution in [3.8, 4) is 0 Å². The van der Waals surface area contributed by atoms with Crippen molar-refractivity contribution in [3.05, 3.63) is 99.4 Å². The number of para-hydroxylation sites is 1. The van der Waals surface area contributed by atoms with E-state index in [4.69, 9.17) is 23.2 Å². The zero-order chi connectivity index (χ0) is 21.4. The van der Waals surface area contributed by atoms with Crippen molar-refractivity contribution in [1.82, 2.24) is 0 Å². The number of carbonyl (C=O) groups is 2. The van der Waals surface area contributed by atoms with E-state index >= 15 is 0 Å². The third-order valence-corrected chi connectivity index (χ3v) is 5.50. The lowest BCUT2D eigenvalue weighted by molar-refractivity contribution is -0.120. The number of hydrogen-bond acceptors (Lipinski definition) is 3. The molecular formula is C23H15Cl2FN2O2. The fourth-order valence-corrected chi connectivity index (χ4v) is 3.56. The second kappa shape index (κ2) is 7.94. The van der Waals surface area contributed by atoms with Crippen LogP contribution >= 0.6 is 23.2 Å². The van der Waals surface area contributed by atoms with Crippen LogP contribution in [0.4, 0.5) is 15.8 Å². The largest absolute Gasteiger partial charge is 0.350 e. The Morgan fingerprint density at radius 1 is 0.867 bits per heavy atom. The fraction of sp³-hybridized carbons (Fsp3) is 0.0435. The van der Waals surface area contributed by atoms with Crippen molar-refractivity contribution in [2.45, 2.75) is 6.92 Å². The molecule has 0 unspecified atom stereocenters. The van der Waals surface area contributed by atoms with Gasteiger partial charge < -0.3 is 5.32 Å². The zero-order valence-electron chi connectivity index (χ0n) is 15.7. The number of imide groups is 1. The van der Waals surface area contributed by atoms with Gasteiger partial charge in [0, 0.05) is 15.7 Å². The predicted molar refractivity (Wildman–Crippen MR) is 117 cm³/mol. The average Bonchev–Trinajstić information content (AvgIpc) is 2.96. The highest BCUT2D eigenvalue weighted by Gasteiger charge is 2.41. The summed E-state index contributed by atoms with van der Waals surface area (Å²) in [5.74, 6) is -1.96. The summed E-state index contributed by atoms with van der Waals surface area (Å²) in [6.07, 6.45) is 0. The summed E-state index contributed by atoms with van der Waals surface area (Å²) in [6, 6.07) is 17.4. The Morgan fingerprint density at radius 2 is 1.57 bits per heavy atom. The topological polar surface area (TPSA) is 49.4 Å². The van der Waals surface area contributed by atoms with E-state index in [1.54, 1.807) is 55.5 Å². The van der Waals surface area contributed by atoms with Gasteiger partial charge in [0.05, 0.1) is 11.3 Å². The lowest BCUT2D eigenvalue weighted by Crippen LogP contribution is -2.33. The van der Waals surface area contributed by atoms with Crippen LogP contribution in [-0.4, -0.2) is 11.8 Å². The molecule has 0 fully saturated rings. The number of nitrogens with zero attached hydrogens (tertiary/aromatic N) is 1. The molecule has 4 rings (SSSR count). The highest BCUT2D eigenvalue weighted by molar-refractivity contribution is 6.46. The molecule has 150 valence electrons. The van der Waals surface area contributed by atoms with Crippen LogP contribution in [0.5, 0.6) is 0 Å². The second-order valence-electron chi connectivity index (χ2n) is 6.69. The minimum absolute atomic E-state index is 0.0379. The number of benzene rings is 3. The van der Waals surface area contributed by atoms with E-state index in [0.29, 0.717) is 26.9 Å². The number of amides is 2. The molecule has 0 atom stereocenters. The van der Waals surface area contributed by atoms with Gasteiger partial charge in [-0.2, -0.15) is 0 Å². The Kier molecular flexibility index (Phi) is 5.33. The van der Waals surface area contributed by atoms with Gasteiger partial charge >= 0.3 is 0 Å². The fourth-order valence-electron chi connectivity index (χ4n) is 3.26. The third kappa shape index (κ3) is 3.47. The smallest absolute Gasteiger partial charge is 0.282 e. The van der Waals surface area contributed by atoms with Crippen LogP contribution in [0.2, 0.25) is 10.0 Å². The van der Waals surface area contributed by atoms with Crippen molar-refractivity contribution in [1.29, 1.82) is 0 Å². The van der Waals surface area contributed by atoms with E-state index in [1.807, 2.05) is 0 Å². The average molecular weight is 441 g/mol. The maximum Gasteiger partial charge on any atom is 0.282 e. The zero-order valence-corrected chi connectivity index (χ0v) is 17.3. The molecule has 4 nitrogen and oxygen atoms in total. The Balaban J connectivity index is 1.87. The highest BCUT2D eigenvalue weighted by Crippen LogP contribution is 2.36. The molecule has 0 saturated carbocycles. The quantitative estimate of drug-likeness (QED) is 0.518. The maximum atomic E-state index is 14.4. The summed E-state index contributed by atoms with van der Waals surface area (Å²) >= 11 is 12.2. The Labute approximate surface area is 182 Å². The number of halogens is 3. The third-order valence-electron chi connectivity index (χ3n) is 4.84. The first kappa shape index (κ1) is 20.1. The number of hydrogen-bond donors (Lipinski definition) is 1. The minimum atomic E-state index is -0.671. The van der Waals surface area contributed by atoms with Crippen LogP contribution in [0.3, 0.4) is 0 Å². The normalized spacial score (nSPS) is 13.9.